The van der Waals surface area contributed by atoms with Crippen LogP contribution < -0.4 is 10.6 Å². The molecule has 0 aromatic carbocycles. The summed E-state index contributed by atoms with van der Waals surface area (Å²) >= 11 is 0. The van der Waals surface area contributed by atoms with Gasteiger partial charge in [-0.05, 0) is 39.0 Å². The van der Waals surface area contributed by atoms with E-state index in [1.165, 1.54) is 0 Å². The van der Waals surface area contributed by atoms with Crippen LogP contribution >= 0.6 is 0 Å². The van der Waals surface area contributed by atoms with Crippen molar-refractivity contribution in [3.8, 4) is 11.8 Å². The molecule has 2 N–H and O–H groups in total. The molecule has 1 aliphatic rings. The highest BCUT2D eigenvalue weighted by Crippen LogP contribution is 2.48. The average molecular weight is 413 g/mol. The first-order valence-electron chi connectivity index (χ1n) is 8.36. The molecule has 2 rings (SSSR count). The molecule has 0 radical (unpaired) electrons. The number of nitrogens with zero attached hydrogens (tertiary/aromatic N) is 3. The molecule has 1 fully saturated rings. The second-order valence-corrected chi connectivity index (χ2v) is 6.59. The molecule has 2 atom stereocenters. The summed E-state index contributed by atoms with van der Waals surface area (Å²) < 4.78 is 89.0. The molecule has 1 aromatic rings. The van der Waals surface area contributed by atoms with Crippen molar-refractivity contribution in [1.82, 2.24) is 15.0 Å². The van der Waals surface area contributed by atoms with Gasteiger partial charge < -0.3 is 10.6 Å². The Kier molecular flexibility index (Phi) is 6.25. The Balaban J connectivity index is 2.31. The summed E-state index contributed by atoms with van der Waals surface area (Å²) in [6.07, 6.45) is -7.74. The van der Waals surface area contributed by atoms with E-state index in [4.69, 9.17) is 0 Å². The highest BCUT2D eigenvalue weighted by Gasteiger charge is 2.41. The van der Waals surface area contributed by atoms with E-state index < -0.39 is 48.4 Å². The van der Waals surface area contributed by atoms with Gasteiger partial charge in [-0.3, -0.25) is 4.39 Å². The molecule has 1 heterocycles. The molecule has 156 valence electrons. The summed E-state index contributed by atoms with van der Waals surface area (Å²) in [7, 11) is 0. The Morgan fingerprint density at radius 3 is 1.75 bits per heavy atom. The zero-order valence-electron chi connectivity index (χ0n) is 15.0. The van der Waals surface area contributed by atoms with Crippen molar-refractivity contribution in [1.29, 1.82) is 0 Å². The summed E-state index contributed by atoms with van der Waals surface area (Å²) in [5.41, 5.74) is -0.541. The van der Waals surface area contributed by atoms with E-state index in [0.717, 1.165) is 13.8 Å². The normalized spacial score (nSPS) is 17.9. The zero-order chi connectivity index (χ0) is 21.2. The quantitative estimate of drug-likeness (QED) is 0.544. The van der Waals surface area contributed by atoms with Gasteiger partial charge in [-0.25, -0.2) is 0 Å². The van der Waals surface area contributed by atoms with Crippen molar-refractivity contribution in [2.45, 2.75) is 57.5 Å². The Hall–Kier alpha value is -2.32. The van der Waals surface area contributed by atoms with Crippen LogP contribution in [-0.2, 0) is 0 Å². The third-order valence-electron chi connectivity index (χ3n) is 4.17. The number of nitrogens with one attached hydrogen (secondary N) is 2. The number of hydrogen-bond acceptors (Lipinski definition) is 5. The standard InChI is InChI=1S/C16H18F7N5/c1-9(15(18,19)20)24-12-26-11(3-4-14(5-6-14)7-8-17)27-13(28-12)25-10(2)16(21,22)23/h9-10H,5-8H2,1-2H3,(H2,24,25,26,27,28)/t9-,10-/m1/s1. The maximum atomic E-state index is 12.7. The molecule has 12 heteroatoms. The Morgan fingerprint density at radius 2 is 1.39 bits per heavy atom. The SMILES string of the molecule is C[C@@H](Nc1nc(C#CC2(CCF)CC2)nc(N[C@H](C)C(F)(F)F)n1)C(F)(F)F. The number of aromatic nitrogens is 3. The molecule has 0 unspecified atom stereocenters. The van der Waals surface area contributed by atoms with Gasteiger partial charge in [0.25, 0.3) is 0 Å². The van der Waals surface area contributed by atoms with Crippen LogP contribution in [0, 0.1) is 17.3 Å². The van der Waals surface area contributed by atoms with E-state index in [1.54, 1.807) is 0 Å². The van der Waals surface area contributed by atoms with Gasteiger partial charge in [-0.15, -0.1) is 0 Å². The summed E-state index contributed by atoms with van der Waals surface area (Å²) in [4.78, 5) is 11.0. The molecule has 28 heavy (non-hydrogen) atoms. The number of hydrogen-bond donors (Lipinski definition) is 2. The van der Waals surface area contributed by atoms with Crippen molar-refractivity contribution < 1.29 is 30.7 Å². The first-order chi connectivity index (χ1) is 12.8. The fourth-order valence-electron chi connectivity index (χ4n) is 2.07. The maximum absolute atomic E-state index is 12.7. The van der Waals surface area contributed by atoms with E-state index >= 15 is 0 Å². The minimum atomic E-state index is -4.62. The molecule has 0 spiro atoms. The molecule has 1 aliphatic carbocycles. The zero-order valence-corrected chi connectivity index (χ0v) is 15.0. The van der Waals surface area contributed by atoms with Crippen LogP contribution in [-0.4, -0.2) is 46.1 Å². The summed E-state index contributed by atoms with van der Waals surface area (Å²) in [6, 6.07) is -4.10. The fourth-order valence-corrected chi connectivity index (χ4v) is 2.07. The van der Waals surface area contributed by atoms with Crippen molar-refractivity contribution in [3.63, 3.8) is 0 Å². The monoisotopic (exact) mass is 413 g/mol. The van der Waals surface area contributed by atoms with Crippen LogP contribution in [0.5, 0.6) is 0 Å². The van der Waals surface area contributed by atoms with Gasteiger partial charge in [-0.1, -0.05) is 5.92 Å². The van der Waals surface area contributed by atoms with Gasteiger partial charge in [-0.2, -0.15) is 41.3 Å². The second kappa shape index (κ2) is 7.97. The third-order valence-corrected chi connectivity index (χ3v) is 4.17. The number of rotatable bonds is 6. The van der Waals surface area contributed by atoms with Crippen molar-refractivity contribution in [3.05, 3.63) is 5.82 Å². The lowest BCUT2D eigenvalue weighted by molar-refractivity contribution is -0.139. The number of alkyl halides is 7. The molecule has 0 bridgehead atoms. The lowest BCUT2D eigenvalue weighted by Gasteiger charge is -2.19. The fraction of sp³-hybridized carbons (Fsp3) is 0.688. The lowest BCUT2D eigenvalue weighted by atomic mass is 10.0. The van der Waals surface area contributed by atoms with Crippen LogP contribution in [0.4, 0.5) is 42.6 Å². The van der Waals surface area contributed by atoms with E-state index in [1.807, 2.05) is 10.6 Å². The largest absolute Gasteiger partial charge is 0.408 e. The van der Waals surface area contributed by atoms with E-state index in [2.05, 4.69) is 26.8 Å². The average Bonchev–Trinajstić information content (AvgIpc) is 3.31. The predicted molar refractivity (Wildman–Crippen MR) is 87.2 cm³/mol. The van der Waals surface area contributed by atoms with Crippen LogP contribution in [0.25, 0.3) is 0 Å². The van der Waals surface area contributed by atoms with Gasteiger partial charge in [0.05, 0.1) is 6.67 Å². The Bertz CT molecular complexity index is 706. The number of halogens is 7. The van der Waals surface area contributed by atoms with Gasteiger partial charge in [0.2, 0.25) is 17.7 Å². The van der Waals surface area contributed by atoms with Gasteiger partial charge in [0.15, 0.2) is 0 Å². The van der Waals surface area contributed by atoms with Crippen molar-refractivity contribution in [2.75, 3.05) is 17.3 Å². The van der Waals surface area contributed by atoms with E-state index in [-0.39, 0.29) is 12.2 Å². The summed E-state index contributed by atoms with van der Waals surface area (Å²) in [5.74, 6) is 3.82. The maximum Gasteiger partial charge on any atom is 0.408 e. The lowest BCUT2D eigenvalue weighted by Crippen LogP contribution is -2.35. The van der Waals surface area contributed by atoms with Crippen LogP contribution in [0.2, 0.25) is 0 Å². The molecule has 5 nitrogen and oxygen atoms in total. The molecule has 0 aliphatic heterocycles. The van der Waals surface area contributed by atoms with Crippen LogP contribution in [0.15, 0.2) is 0 Å². The highest BCUT2D eigenvalue weighted by molar-refractivity contribution is 5.40. The number of anilines is 2. The van der Waals surface area contributed by atoms with E-state index in [9.17, 15) is 30.7 Å². The highest BCUT2D eigenvalue weighted by atomic mass is 19.4. The second-order valence-electron chi connectivity index (χ2n) is 6.59. The summed E-state index contributed by atoms with van der Waals surface area (Å²) in [6.45, 7) is 1.03. The summed E-state index contributed by atoms with van der Waals surface area (Å²) in [5, 5.41) is 3.95. The molecule has 0 amide bonds. The molecule has 1 aromatic heterocycles. The van der Waals surface area contributed by atoms with Crippen molar-refractivity contribution >= 4 is 11.9 Å². The van der Waals surface area contributed by atoms with E-state index in [0.29, 0.717) is 12.8 Å². The van der Waals surface area contributed by atoms with Gasteiger partial charge >= 0.3 is 12.4 Å². The first kappa shape index (κ1) is 22.0. The van der Waals surface area contributed by atoms with Gasteiger partial charge in [0, 0.05) is 5.41 Å². The minimum absolute atomic E-state index is 0.192. The van der Waals surface area contributed by atoms with Crippen LogP contribution in [0.1, 0.15) is 38.9 Å². The molecule has 0 saturated heterocycles. The van der Waals surface area contributed by atoms with Crippen molar-refractivity contribution in [2.24, 2.45) is 5.41 Å². The first-order valence-corrected chi connectivity index (χ1v) is 8.36. The third kappa shape index (κ3) is 6.10. The Labute approximate surface area is 156 Å². The predicted octanol–water partition coefficient (Wildman–Crippen LogP) is 4.09. The van der Waals surface area contributed by atoms with Crippen LogP contribution in [0.3, 0.4) is 0 Å². The van der Waals surface area contributed by atoms with Gasteiger partial charge in [0.1, 0.15) is 12.1 Å². The topological polar surface area (TPSA) is 62.7 Å². The molecular formula is C16H18F7N5. The molecule has 1 saturated carbocycles. The molecular weight excluding hydrogens is 395 g/mol. The smallest absolute Gasteiger partial charge is 0.343 e. The minimum Gasteiger partial charge on any atom is -0.343 e. The Morgan fingerprint density at radius 1 is 0.929 bits per heavy atom.